The first-order valence-corrected chi connectivity index (χ1v) is 7.08. The molecule has 0 unspecified atom stereocenters. The van der Waals surface area contributed by atoms with Crippen molar-refractivity contribution in [3.8, 4) is 0 Å². The summed E-state index contributed by atoms with van der Waals surface area (Å²) in [6, 6.07) is 0. The molecular weight excluding hydrogens is 258 g/mol. The molecule has 0 radical (unpaired) electrons. The second-order valence-electron chi connectivity index (χ2n) is 5.56. The first-order chi connectivity index (χ1) is 9.52. The van der Waals surface area contributed by atoms with Gasteiger partial charge in [-0.05, 0) is 31.6 Å². The third-order valence-corrected chi connectivity index (χ3v) is 4.10. The lowest BCUT2D eigenvalue weighted by atomic mass is 9.78. The number of H-pyrrole nitrogens is 1. The molecule has 1 aliphatic rings. The van der Waals surface area contributed by atoms with Gasteiger partial charge in [0.15, 0.2) is 0 Å². The molecule has 0 atom stereocenters. The molecule has 3 N–H and O–H groups in total. The summed E-state index contributed by atoms with van der Waals surface area (Å²) in [6.45, 7) is 2.39. The van der Waals surface area contributed by atoms with Crippen LogP contribution in [0.2, 0.25) is 0 Å². The van der Waals surface area contributed by atoms with Gasteiger partial charge in [0.25, 0.3) is 11.5 Å². The first-order valence-electron chi connectivity index (χ1n) is 7.08. The third-order valence-electron chi connectivity index (χ3n) is 4.10. The molecule has 1 aliphatic carbocycles. The lowest BCUT2D eigenvalue weighted by Gasteiger charge is -2.35. The summed E-state index contributed by atoms with van der Waals surface area (Å²) in [5.74, 6) is 0.305. The van der Waals surface area contributed by atoms with E-state index in [1.54, 1.807) is 0 Å². The van der Waals surface area contributed by atoms with Crippen molar-refractivity contribution in [1.29, 1.82) is 0 Å². The number of aromatic nitrogens is 2. The van der Waals surface area contributed by atoms with Gasteiger partial charge in [-0.3, -0.25) is 9.59 Å². The highest BCUT2D eigenvalue weighted by Crippen LogP contribution is 2.33. The Labute approximate surface area is 117 Å². The van der Waals surface area contributed by atoms with Crippen LogP contribution in [0.5, 0.6) is 0 Å². The van der Waals surface area contributed by atoms with Gasteiger partial charge in [-0.1, -0.05) is 13.3 Å². The van der Waals surface area contributed by atoms with Crippen LogP contribution in [0.4, 0.5) is 0 Å². The molecule has 1 saturated carbocycles. The van der Waals surface area contributed by atoms with Crippen molar-refractivity contribution >= 4 is 5.91 Å². The number of carbonyl (C=O) groups is 1. The van der Waals surface area contributed by atoms with Crippen LogP contribution >= 0.6 is 0 Å². The van der Waals surface area contributed by atoms with Crippen LogP contribution in [0.25, 0.3) is 0 Å². The number of rotatable bonds is 4. The summed E-state index contributed by atoms with van der Waals surface area (Å²) < 4.78 is 0. The minimum Gasteiger partial charge on any atom is -0.388 e. The number of hydrogen-bond acceptors (Lipinski definition) is 4. The Hall–Kier alpha value is -1.69. The normalized spacial score (nSPS) is 26.2. The molecule has 110 valence electrons. The number of aromatic amines is 1. The van der Waals surface area contributed by atoms with Gasteiger partial charge in [-0.15, -0.1) is 0 Å². The number of aliphatic hydroxyl groups is 1. The van der Waals surface area contributed by atoms with Crippen LogP contribution in [0.3, 0.4) is 0 Å². The highest BCUT2D eigenvalue weighted by atomic mass is 16.3. The van der Waals surface area contributed by atoms with Crippen molar-refractivity contribution in [2.24, 2.45) is 5.92 Å². The van der Waals surface area contributed by atoms with Crippen molar-refractivity contribution in [2.75, 3.05) is 6.54 Å². The molecule has 2 rings (SSSR count). The topological polar surface area (TPSA) is 95.1 Å². The van der Waals surface area contributed by atoms with E-state index in [1.165, 1.54) is 6.20 Å². The lowest BCUT2D eigenvalue weighted by Crippen LogP contribution is -2.45. The fraction of sp³-hybridized carbons (Fsp3) is 0.643. The monoisotopic (exact) mass is 279 g/mol. The van der Waals surface area contributed by atoms with Crippen LogP contribution in [-0.2, 0) is 0 Å². The summed E-state index contributed by atoms with van der Waals surface area (Å²) >= 11 is 0. The SMILES string of the molecule is CCC1CCC(O)(CNC(=O)c2c[nH]c(=O)cn2)CC1. The molecule has 0 aliphatic heterocycles. The third kappa shape index (κ3) is 3.66. The van der Waals surface area contributed by atoms with E-state index in [9.17, 15) is 14.7 Å². The predicted octanol–water partition coefficient (Wildman–Crippen LogP) is 0.831. The van der Waals surface area contributed by atoms with Crippen LogP contribution in [0.1, 0.15) is 49.5 Å². The van der Waals surface area contributed by atoms with E-state index in [1.807, 2.05) is 0 Å². The summed E-state index contributed by atoms with van der Waals surface area (Å²) in [7, 11) is 0. The van der Waals surface area contributed by atoms with E-state index in [-0.39, 0.29) is 23.7 Å². The van der Waals surface area contributed by atoms with E-state index in [2.05, 4.69) is 22.2 Å². The standard InChI is InChI=1S/C14H21N3O3/c1-2-10-3-5-14(20,6-4-10)9-17-13(19)11-7-16-12(18)8-15-11/h7-8,10,20H,2-6,9H2,1H3,(H,16,18)(H,17,19). The fourth-order valence-corrected chi connectivity index (χ4v) is 2.60. The maximum atomic E-state index is 11.9. The van der Waals surface area contributed by atoms with Gasteiger partial charge >= 0.3 is 0 Å². The Morgan fingerprint density at radius 1 is 1.55 bits per heavy atom. The zero-order valence-corrected chi connectivity index (χ0v) is 11.7. The number of amides is 1. The van der Waals surface area contributed by atoms with E-state index >= 15 is 0 Å². The Kier molecular flexibility index (Phi) is 4.54. The largest absolute Gasteiger partial charge is 0.388 e. The summed E-state index contributed by atoms with van der Waals surface area (Å²) in [4.78, 5) is 28.9. The summed E-state index contributed by atoms with van der Waals surface area (Å²) in [6.07, 6.45) is 6.91. The smallest absolute Gasteiger partial charge is 0.271 e. The minimum atomic E-state index is -0.816. The van der Waals surface area contributed by atoms with E-state index < -0.39 is 5.60 Å². The Balaban J connectivity index is 1.87. The molecule has 0 bridgehead atoms. The van der Waals surface area contributed by atoms with Gasteiger partial charge < -0.3 is 15.4 Å². The second-order valence-corrected chi connectivity index (χ2v) is 5.56. The van der Waals surface area contributed by atoms with Crippen molar-refractivity contribution in [3.63, 3.8) is 0 Å². The maximum absolute atomic E-state index is 11.9. The van der Waals surface area contributed by atoms with E-state index in [0.717, 1.165) is 25.5 Å². The van der Waals surface area contributed by atoms with Crippen LogP contribution in [-0.4, -0.2) is 33.1 Å². The van der Waals surface area contributed by atoms with Gasteiger partial charge in [-0.25, -0.2) is 4.98 Å². The molecule has 1 aromatic rings. The highest BCUT2D eigenvalue weighted by molar-refractivity contribution is 5.91. The molecule has 6 heteroatoms. The molecule has 1 heterocycles. The van der Waals surface area contributed by atoms with Crippen molar-refractivity contribution in [3.05, 3.63) is 28.4 Å². The van der Waals surface area contributed by atoms with E-state index in [0.29, 0.717) is 18.8 Å². The molecule has 0 saturated heterocycles. The molecule has 0 aromatic carbocycles. The van der Waals surface area contributed by atoms with Gasteiger partial charge in [0.1, 0.15) is 5.69 Å². The zero-order chi connectivity index (χ0) is 14.6. The Morgan fingerprint density at radius 2 is 2.25 bits per heavy atom. The highest BCUT2D eigenvalue weighted by Gasteiger charge is 2.32. The minimum absolute atomic E-state index is 0.149. The summed E-state index contributed by atoms with van der Waals surface area (Å²) in [5, 5.41) is 13.1. The molecule has 1 fully saturated rings. The van der Waals surface area contributed by atoms with Gasteiger partial charge in [0, 0.05) is 12.7 Å². The van der Waals surface area contributed by atoms with Crippen molar-refractivity contribution in [1.82, 2.24) is 15.3 Å². The molecule has 1 aromatic heterocycles. The predicted molar refractivity (Wildman–Crippen MR) is 74.4 cm³/mol. The molecule has 1 amide bonds. The Morgan fingerprint density at radius 3 is 2.80 bits per heavy atom. The lowest BCUT2D eigenvalue weighted by molar-refractivity contribution is -0.00790. The quantitative estimate of drug-likeness (QED) is 0.760. The van der Waals surface area contributed by atoms with Gasteiger partial charge in [-0.2, -0.15) is 0 Å². The Bertz CT molecular complexity index is 498. The zero-order valence-electron chi connectivity index (χ0n) is 11.7. The first kappa shape index (κ1) is 14.7. The van der Waals surface area contributed by atoms with Gasteiger partial charge in [0.2, 0.25) is 0 Å². The number of nitrogens with one attached hydrogen (secondary N) is 2. The van der Waals surface area contributed by atoms with Crippen LogP contribution < -0.4 is 10.9 Å². The van der Waals surface area contributed by atoms with Crippen molar-refractivity contribution in [2.45, 2.75) is 44.6 Å². The molecule has 6 nitrogen and oxygen atoms in total. The summed E-state index contributed by atoms with van der Waals surface area (Å²) in [5.41, 5.74) is -1.02. The number of carbonyl (C=O) groups excluding carboxylic acids is 1. The average molecular weight is 279 g/mol. The maximum Gasteiger partial charge on any atom is 0.271 e. The second kappa shape index (κ2) is 6.17. The van der Waals surface area contributed by atoms with Crippen LogP contribution in [0, 0.1) is 5.92 Å². The fourth-order valence-electron chi connectivity index (χ4n) is 2.60. The number of nitrogens with zero attached hydrogens (tertiary/aromatic N) is 1. The molecule has 0 spiro atoms. The number of hydrogen-bond donors (Lipinski definition) is 3. The molecule has 20 heavy (non-hydrogen) atoms. The van der Waals surface area contributed by atoms with Gasteiger partial charge in [0.05, 0.1) is 11.8 Å². The van der Waals surface area contributed by atoms with E-state index in [4.69, 9.17) is 0 Å². The van der Waals surface area contributed by atoms with Crippen LogP contribution in [0.15, 0.2) is 17.2 Å². The molecular formula is C14H21N3O3. The average Bonchev–Trinajstić information content (AvgIpc) is 2.46. The van der Waals surface area contributed by atoms with Crippen molar-refractivity contribution < 1.29 is 9.90 Å².